The van der Waals surface area contributed by atoms with E-state index in [0.717, 1.165) is 6.07 Å². The second-order valence-electron chi connectivity index (χ2n) is 5.10. The van der Waals surface area contributed by atoms with Gasteiger partial charge in [0.1, 0.15) is 17.0 Å². The third-order valence-electron chi connectivity index (χ3n) is 3.54. The largest absolute Gasteiger partial charge is 0.496 e. The molecule has 0 saturated heterocycles. The van der Waals surface area contributed by atoms with Crippen LogP contribution in [0.25, 0.3) is 0 Å². The number of rotatable bonds is 7. The number of methoxy groups -OCH3 is 2. The highest BCUT2D eigenvalue weighted by Crippen LogP contribution is 2.29. The fourth-order valence-corrected chi connectivity index (χ4v) is 2.27. The number of nitrogens with zero attached hydrogens (tertiary/aromatic N) is 2. The topological polar surface area (TPSA) is 134 Å². The molecule has 26 heavy (non-hydrogen) atoms. The molecular formula is C16H15N3O7. The van der Waals surface area contributed by atoms with Gasteiger partial charge in [0.2, 0.25) is 0 Å². The van der Waals surface area contributed by atoms with Crippen molar-refractivity contribution < 1.29 is 24.1 Å². The third-order valence-corrected chi connectivity index (χ3v) is 3.54. The number of ether oxygens (including phenoxy) is 2. The molecule has 0 fully saturated rings. The van der Waals surface area contributed by atoms with Crippen LogP contribution < -0.4 is 10.1 Å². The average molecular weight is 361 g/mol. The molecule has 0 unspecified atom stereocenters. The molecule has 2 aromatic rings. The van der Waals surface area contributed by atoms with Crippen LogP contribution in [0.5, 0.6) is 5.75 Å². The molecule has 0 amide bonds. The maximum atomic E-state index is 11.8. The summed E-state index contributed by atoms with van der Waals surface area (Å²) >= 11 is 0. The number of carbonyl (C=O) groups is 1. The summed E-state index contributed by atoms with van der Waals surface area (Å²) in [6.07, 6.45) is 0. The van der Waals surface area contributed by atoms with Crippen LogP contribution in [0.2, 0.25) is 0 Å². The quantitative estimate of drug-likeness (QED) is 0.452. The molecule has 0 aliphatic carbocycles. The Kier molecular flexibility index (Phi) is 5.68. The normalized spacial score (nSPS) is 10.1. The van der Waals surface area contributed by atoms with Crippen LogP contribution in [0.4, 0.5) is 17.1 Å². The number of anilines is 1. The fraction of sp³-hybridized carbons (Fsp3) is 0.188. The number of hydrogen-bond donors (Lipinski definition) is 1. The van der Waals surface area contributed by atoms with Gasteiger partial charge in [-0.1, -0.05) is 6.07 Å². The van der Waals surface area contributed by atoms with E-state index in [1.807, 2.05) is 0 Å². The van der Waals surface area contributed by atoms with Crippen LogP contribution in [-0.4, -0.2) is 30.0 Å². The van der Waals surface area contributed by atoms with Crippen LogP contribution in [0, 0.1) is 20.2 Å². The molecule has 0 aliphatic heterocycles. The standard InChI is InChI=1S/C16H15N3O7/c1-25-15-6-3-10(7-12(15)16(20)26-2)9-17-13-5-4-11(18(21)22)8-14(13)19(23)24/h3-8,17H,9H2,1-2H3. The summed E-state index contributed by atoms with van der Waals surface area (Å²) in [5, 5.41) is 24.7. The first-order valence-electron chi connectivity index (χ1n) is 7.29. The van der Waals surface area contributed by atoms with E-state index in [1.54, 1.807) is 12.1 Å². The van der Waals surface area contributed by atoms with Crippen molar-refractivity contribution in [3.8, 4) is 5.75 Å². The average Bonchev–Trinajstić information content (AvgIpc) is 2.65. The molecule has 0 bridgehead atoms. The highest BCUT2D eigenvalue weighted by atomic mass is 16.6. The van der Waals surface area contributed by atoms with Crippen LogP contribution in [0.3, 0.4) is 0 Å². The molecule has 0 atom stereocenters. The lowest BCUT2D eigenvalue weighted by atomic mass is 10.1. The smallest absolute Gasteiger partial charge is 0.341 e. The zero-order valence-corrected chi connectivity index (χ0v) is 13.9. The Morgan fingerprint density at radius 1 is 1.08 bits per heavy atom. The van der Waals surface area contributed by atoms with Crippen molar-refractivity contribution in [2.75, 3.05) is 19.5 Å². The number of esters is 1. The molecule has 10 nitrogen and oxygen atoms in total. The maximum Gasteiger partial charge on any atom is 0.341 e. The summed E-state index contributed by atoms with van der Waals surface area (Å²) in [7, 11) is 2.66. The molecule has 0 aliphatic rings. The minimum atomic E-state index is -0.705. The van der Waals surface area contributed by atoms with E-state index >= 15 is 0 Å². The van der Waals surface area contributed by atoms with E-state index < -0.39 is 21.5 Å². The maximum absolute atomic E-state index is 11.8. The van der Waals surface area contributed by atoms with Crippen LogP contribution in [0.1, 0.15) is 15.9 Å². The Hall–Kier alpha value is -3.69. The molecule has 0 aromatic heterocycles. The molecule has 2 rings (SSSR count). The van der Waals surface area contributed by atoms with Gasteiger partial charge < -0.3 is 14.8 Å². The highest BCUT2D eigenvalue weighted by Gasteiger charge is 2.19. The Labute approximate surface area is 147 Å². The van der Waals surface area contributed by atoms with Gasteiger partial charge in [0.25, 0.3) is 11.4 Å². The fourth-order valence-electron chi connectivity index (χ4n) is 2.27. The molecular weight excluding hydrogens is 346 g/mol. The highest BCUT2D eigenvalue weighted by molar-refractivity contribution is 5.92. The van der Waals surface area contributed by atoms with Crippen molar-refractivity contribution in [3.05, 3.63) is 67.8 Å². The summed E-state index contributed by atoms with van der Waals surface area (Å²) in [5.74, 6) is -0.244. The molecule has 10 heteroatoms. The number of nitrogens with one attached hydrogen (secondary N) is 1. The molecule has 1 N–H and O–H groups in total. The van der Waals surface area contributed by atoms with Crippen LogP contribution in [-0.2, 0) is 11.3 Å². The van der Waals surface area contributed by atoms with Crippen molar-refractivity contribution in [3.63, 3.8) is 0 Å². The number of hydrogen-bond acceptors (Lipinski definition) is 8. The Morgan fingerprint density at radius 3 is 2.38 bits per heavy atom. The number of nitro benzene ring substituents is 2. The number of nitro groups is 2. The van der Waals surface area contributed by atoms with Crippen molar-refractivity contribution in [2.24, 2.45) is 0 Å². The van der Waals surface area contributed by atoms with Gasteiger partial charge in [-0.3, -0.25) is 20.2 Å². The first kappa shape index (κ1) is 18.6. The van der Waals surface area contributed by atoms with Crippen molar-refractivity contribution in [1.29, 1.82) is 0 Å². The van der Waals surface area contributed by atoms with Gasteiger partial charge >= 0.3 is 5.97 Å². The van der Waals surface area contributed by atoms with E-state index in [-0.39, 0.29) is 23.5 Å². The van der Waals surface area contributed by atoms with E-state index in [4.69, 9.17) is 9.47 Å². The van der Waals surface area contributed by atoms with E-state index in [9.17, 15) is 25.0 Å². The van der Waals surface area contributed by atoms with E-state index in [1.165, 1.54) is 32.4 Å². The number of benzene rings is 2. The Morgan fingerprint density at radius 2 is 1.81 bits per heavy atom. The van der Waals surface area contributed by atoms with Crippen molar-refractivity contribution >= 4 is 23.0 Å². The van der Waals surface area contributed by atoms with E-state index in [0.29, 0.717) is 11.3 Å². The lowest BCUT2D eigenvalue weighted by Crippen LogP contribution is -2.07. The molecule has 0 saturated carbocycles. The molecule has 0 heterocycles. The molecule has 136 valence electrons. The predicted octanol–water partition coefficient (Wildman–Crippen LogP) is 2.91. The molecule has 0 radical (unpaired) electrons. The first-order valence-corrected chi connectivity index (χ1v) is 7.29. The lowest BCUT2D eigenvalue weighted by molar-refractivity contribution is -0.393. The SMILES string of the molecule is COC(=O)c1cc(CNc2ccc([N+](=O)[O-])cc2[N+](=O)[O-])ccc1OC. The van der Waals surface area contributed by atoms with Gasteiger partial charge in [0.15, 0.2) is 0 Å². The Balaban J connectivity index is 2.27. The summed E-state index contributed by atoms with van der Waals surface area (Å²) in [6.45, 7) is 0.145. The monoisotopic (exact) mass is 361 g/mol. The summed E-state index contributed by atoms with van der Waals surface area (Å²) in [4.78, 5) is 32.3. The van der Waals surface area contributed by atoms with Crippen LogP contribution >= 0.6 is 0 Å². The molecule has 0 spiro atoms. The van der Waals surface area contributed by atoms with Gasteiger partial charge in [-0.25, -0.2) is 4.79 Å². The van der Waals surface area contributed by atoms with Crippen molar-refractivity contribution in [2.45, 2.75) is 6.54 Å². The number of carbonyl (C=O) groups excluding carboxylic acids is 1. The number of non-ortho nitro benzene ring substituents is 1. The second kappa shape index (κ2) is 7.92. The summed E-state index contributed by atoms with van der Waals surface area (Å²) < 4.78 is 9.79. The third kappa shape index (κ3) is 4.04. The zero-order chi connectivity index (χ0) is 19.3. The minimum absolute atomic E-state index is 0.121. The Bertz CT molecular complexity index is 867. The zero-order valence-electron chi connectivity index (χ0n) is 13.9. The minimum Gasteiger partial charge on any atom is -0.496 e. The van der Waals surface area contributed by atoms with Crippen molar-refractivity contribution in [1.82, 2.24) is 0 Å². The summed E-state index contributed by atoms with van der Waals surface area (Å²) in [5.41, 5.74) is 0.183. The summed E-state index contributed by atoms with van der Waals surface area (Å²) in [6, 6.07) is 8.11. The predicted molar refractivity (Wildman–Crippen MR) is 91.4 cm³/mol. The molecule has 2 aromatic carbocycles. The van der Waals surface area contributed by atoms with Gasteiger partial charge in [-0.2, -0.15) is 0 Å². The van der Waals surface area contributed by atoms with Gasteiger partial charge in [0, 0.05) is 12.6 Å². The van der Waals surface area contributed by atoms with Gasteiger partial charge in [-0.05, 0) is 23.8 Å². The second-order valence-corrected chi connectivity index (χ2v) is 5.10. The lowest BCUT2D eigenvalue weighted by Gasteiger charge is -2.11. The van der Waals surface area contributed by atoms with Gasteiger partial charge in [0.05, 0.1) is 30.1 Å². The van der Waals surface area contributed by atoms with Gasteiger partial charge in [-0.15, -0.1) is 0 Å². The van der Waals surface area contributed by atoms with Crippen LogP contribution in [0.15, 0.2) is 36.4 Å². The first-order chi connectivity index (χ1) is 12.4. The van der Waals surface area contributed by atoms with E-state index in [2.05, 4.69) is 5.32 Å².